The molecule has 3 aromatic rings. The van der Waals surface area contributed by atoms with Crippen LogP contribution in [0.2, 0.25) is 0 Å². The van der Waals surface area contributed by atoms with E-state index in [0.29, 0.717) is 0 Å². The number of rotatable bonds is 4. The van der Waals surface area contributed by atoms with Crippen molar-refractivity contribution in [2.45, 2.75) is 64.7 Å². The third-order valence-corrected chi connectivity index (χ3v) is 7.10. The molecule has 136 valence electrons. The first-order valence-corrected chi connectivity index (χ1v) is 11.0. The molecule has 26 heavy (non-hydrogen) atoms. The molecule has 0 saturated carbocycles. The molecule has 5 rings (SSSR count). The average molecular weight is 367 g/mol. The smallest absolute Gasteiger partial charge is 0.142 e. The lowest BCUT2D eigenvalue weighted by Crippen LogP contribution is -2.19. The predicted octanol–water partition coefficient (Wildman–Crippen LogP) is 5.06. The van der Waals surface area contributed by atoms with Gasteiger partial charge >= 0.3 is 0 Å². The summed E-state index contributed by atoms with van der Waals surface area (Å²) in [5.41, 5.74) is 5.66. The first kappa shape index (κ1) is 16.4. The van der Waals surface area contributed by atoms with E-state index in [-0.39, 0.29) is 0 Å². The van der Waals surface area contributed by atoms with Crippen LogP contribution < -0.4 is 4.90 Å². The molecule has 2 aliphatic rings. The van der Waals surface area contributed by atoms with Crippen molar-refractivity contribution in [1.29, 1.82) is 0 Å². The van der Waals surface area contributed by atoms with E-state index in [4.69, 9.17) is 9.97 Å². The number of aromatic nitrogens is 3. The molecule has 1 fully saturated rings. The van der Waals surface area contributed by atoms with Gasteiger partial charge < -0.3 is 4.90 Å². The Morgan fingerprint density at radius 1 is 1.04 bits per heavy atom. The molecule has 3 aromatic heterocycles. The van der Waals surface area contributed by atoms with Crippen LogP contribution in [0, 0.1) is 0 Å². The van der Waals surface area contributed by atoms with Gasteiger partial charge in [-0.15, -0.1) is 11.3 Å². The van der Waals surface area contributed by atoms with Gasteiger partial charge in [-0.3, -0.25) is 4.98 Å². The zero-order valence-electron chi connectivity index (χ0n) is 15.6. The number of unbranched alkanes of at least 4 members (excludes halogenated alkanes) is 1. The van der Waals surface area contributed by atoms with Gasteiger partial charge in [0, 0.05) is 18.8 Å². The van der Waals surface area contributed by atoms with E-state index >= 15 is 0 Å². The first-order chi connectivity index (χ1) is 12.9. The van der Waals surface area contributed by atoms with Gasteiger partial charge in [0.1, 0.15) is 17.0 Å². The molecular weight excluding hydrogens is 340 g/mol. The highest BCUT2D eigenvalue weighted by molar-refractivity contribution is 7.25. The Hall–Kier alpha value is -1.75. The molecule has 0 atom stereocenters. The average Bonchev–Trinajstić information content (AvgIpc) is 3.34. The van der Waals surface area contributed by atoms with Crippen LogP contribution in [0.25, 0.3) is 20.4 Å². The first-order valence-electron chi connectivity index (χ1n) is 10.2. The molecule has 0 unspecified atom stereocenters. The maximum absolute atomic E-state index is 5.25. The maximum Gasteiger partial charge on any atom is 0.142 e. The molecule has 1 saturated heterocycles. The van der Waals surface area contributed by atoms with E-state index in [9.17, 15) is 0 Å². The van der Waals surface area contributed by atoms with E-state index in [1.807, 2.05) is 11.3 Å². The molecule has 0 aromatic carbocycles. The number of nitrogens with zero attached hydrogens (tertiary/aromatic N) is 4. The molecule has 0 bridgehead atoms. The highest BCUT2D eigenvalue weighted by Gasteiger charge is 2.25. The highest BCUT2D eigenvalue weighted by atomic mass is 32.1. The molecule has 4 heterocycles. The molecule has 5 heteroatoms. The Morgan fingerprint density at radius 3 is 2.65 bits per heavy atom. The van der Waals surface area contributed by atoms with Gasteiger partial charge in [0.25, 0.3) is 0 Å². The summed E-state index contributed by atoms with van der Waals surface area (Å²) in [4.78, 5) is 18.1. The topological polar surface area (TPSA) is 41.9 Å². The maximum atomic E-state index is 5.25. The third kappa shape index (κ3) is 2.59. The Labute approximate surface area is 158 Å². The summed E-state index contributed by atoms with van der Waals surface area (Å²) in [5, 5.41) is 1.21. The molecule has 0 N–H and O–H groups in total. The van der Waals surface area contributed by atoms with Crippen molar-refractivity contribution in [3.05, 3.63) is 23.1 Å². The number of hydrogen-bond acceptors (Lipinski definition) is 5. The van der Waals surface area contributed by atoms with Crippen LogP contribution in [0.4, 0.5) is 5.82 Å². The van der Waals surface area contributed by atoms with Crippen LogP contribution in [0.3, 0.4) is 0 Å². The number of fused-ring (bicyclic) bond motifs is 5. The van der Waals surface area contributed by atoms with Crippen molar-refractivity contribution in [2.24, 2.45) is 0 Å². The monoisotopic (exact) mass is 366 g/mol. The van der Waals surface area contributed by atoms with Crippen molar-refractivity contribution in [3.63, 3.8) is 0 Å². The van der Waals surface area contributed by atoms with Gasteiger partial charge in [0.05, 0.1) is 15.6 Å². The zero-order chi connectivity index (χ0) is 17.5. The van der Waals surface area contributed by atoms with E-state index in [1.54, 1.807) is 17.5 Å². The number of anilines is 1. The van der Waals surface area contributed by atoms with Crippen molar-refractivity contribution >= 4 is 37.6 Å². The molecule has 1 aliphatic carbocycles. The Kier molecular flexibility index (Phi) is 4.27. The Morgan fingerprint density at radius 2 is 1.85 bits per heavy atom. The highest BCUT2D eigenvalue weighted by Crippen LogP contribution is 2.42. The summed E-state index contributed by atoms with van der Waals surface area (Å²) in [6, 6.07) is 0. The summed E-state index contributed by atoms with van der Waals surface area (Å²) >= 11 is 1.84. The number of thiophene rings is 1. The Bertz CT molecular complexity index is 956. The van der Waals surface area contributed by atoms with Crippen LogP contribution in [0.1, 0.15) is 62.3 Å². The van der Waals surface area contributed by atoms with E-state index in [1.165, 1.54) is 72.7 Å². The van der Waals surface area contributed by atoms with E-state index < -0.39 is 0 Å². The van der Waals surface area contributed by atoms with E-state index in [2.05, 4.69) is 16.8 Å². The summed E-state index contributed by atoms with van der Waals surface area (Å²) in [6.45, 7) is 4.48. The molecule has 0 spiro atoms. The summed E-state index contributed by atoms with van der Waals surface area (Å²) in [5.74, 6) is 1.11. The lowest BCUT2D eigenvalue weighted by molar-refractivity contribution is 0.670. The minimum absolute atomic E-state index is 1.11. The van der Waals surface area contributed by atoms with Crippen molar-refractivity contribution in [1.82, 2.24) is 15.0 Å². The minimum atomic E-state index is 1.11. The second kappa shape index (κ2) is 6.76. The Balaban J connectivity index is 1.78. The van der Waals surface area contributed by atoms with Gasteiger partial charge in [0.2, 0.25) is 0 Å². The molecule has 1 aliphatic heterocycles. The van der Waals surface area contributed by atoms with Gasteiger partial charge in [-0.1, -0.05) is 13.3 Å². The largest absolute Gasteiger partial charge is 0.356 e. The summed E-state index contributed by atoms with van der Waals surface area (Å²) in [6.07, 6.45) is 12.8. The van der Waals surface area contributed by atoms with Crippen molar-refractivity contribution in [3.8, 4) is 0 Å². The van der Waals surface area contributed by atoms with Gasteiger partial charge in [-0.25, -0.2) is 9.97 Å². The minimum Gasteiger partial charge on any atom is -0.356 e. The SMILES string of the molecule is CCCCc1nc2c(sc3ncnc(N4CCCC4)c32)c2c1CCCC2. The molecular formula is C21H26N4S. The third-order valence-electron chi connectivity index (χ3n) is 5.95. The van der Waals surface area contributed by atoms with Crippen LogP contribution in [-0.4, -0.2) is 28.0 Å². The van der Waals surface area contributed by atoms with Crippen LogP contribution >= 0.6 is 11.3 Å². The van der Waals surface area contributed by atoms with Crippen molar-refractivity contribution < 1.29 is 0 Å². The van der Waals surface area contributed by atoms with Gasteiger partial charge in [-0.2, -0.15) is 0 Å². The molecule has 0 radical (unpaired) electrons. The van der Waals surface area contributed by atoms with Crippen LogP contribution in [0.15, 0.2) is 6.33 Å². The van der Waals surface area contributed by atoms with Crippen LogP contribution in [0.5, 0.6) is 0 Å². The zero-order valence-corrected chi connectivity index (χ0v) is 16.4. The molecule has 0 amide bonds. The second-order valence-corrected chi connectivity index (χ2v) is 8.68. The molecule has 4 nitrogen and oxygen atoms in total. The number of hydrogen-bond donors (Lipinski definition) is 0. The van der Waals surface area contributed by atoms with Crippen molar-refractivity contribution in [2.75, 3.05) is 18.0 Å². The lowest BCUT2D eigenvalue weighted by atomic mass is 9.89. The lowest BCUT2D eigenvalue weighted by Gasteiger charge is -2.20. The predicted molar refractivity (Wildman–Crippen MR) is 109 cm³/mol. The number of aryl methyl sites for hydroxylation is 2. The second-order valence-electron chi connectivity index (χ2n) is 7.68. The standard InChI is InChI=1S/C21H26N4S/c1-2-3-10-16-14-8-4-5-9-15(14)19-18(24-16)17-20(25-11-6-7-12-25)22-13-23-21(17)26-19/h13H,2-12H2,1H3. The van der Waals surface area contributed by atoms with Gasteiger partial charge in [0.15, 0.2) is 0 Å². The fourth-order valence-electron chi connectivity index (χ4n) is 4.61. The van der Waals surface area contributed by atoms with Crippen LogP contribution in [-0.2, 0) is 19.3 Å². The summed E-state index contributed by atoms with van der Waals surface area (Å²) in [7, 11) is 0. The quantitative estimate of drug-likeness (QED) is 0.647. The van der Waals surface area contributed by atoms with Gasteiger partial charge in [-0.05, 0) is 62.5 Å². The normalized spacial score (nSPS) is 17.3. The summed E-state index contributed by atoms with van der Waals surface area (Å²) < 4.78 is 1.39. The van der Waals surface area contributed by atoms with E-state index in [0.717, 1.165) is 30.2 Å². The number of pyridine rings is 1. The fourth-order valence-corrected chi connectivity index (χ4v) is 5.79. The fraction of sp³-hybridized carbons (Fsp3) is 0.571.